The Morgan fingerprint density at radius 1 is 1.40 bits per heavy atom. The Morgan fingerprint density at radius 3 is 2.80 bits per heavy atom. The Bertz CT molecular complexity index is 280. The second-order valence-electron chi connectivity index (χ2n) is 4.70. The second-order valence-corrected chi connectivity index (χ2v) is 7.95. The molecular formula is C11H19BO2Si. The van der Waals surface area contributed by atoms with E-state index < -0.39 is 8.80 Å². The number of rotatable bonds is 2. The van der Waals surface area contributed by atoms with Gasteiger partial charge in [-0.05, 0) is 24.7 Å². The summed E-state index contributed by atoms with van der Waals surface area (Å²) in [5, 5.41) is 0.0724. The monoisotopic (exact) mass is 222 g/mol. The van der Waals surface area contributed by atoms with Gasteiger partial charge in [-0.1, -0.05) is 19.1 Å². The topological polar surface area (TPSA) is 18.5 Å². The molecule has 0 aromatic carbocycles. The maximum absolute atomic E-state index is 6.15. The highest BCUT2D eigenvalue weighted by Crippen LogP contribution is 2.34. The SMILES string of the molecule is C[SiH](C)C1(C2=COC=CB2)CCCCO1. The van der Waals surface area contributed by atoms with Crippen LogP contribution < -0.4 is 0 Å². The summed E-state index contributed by atoms with van der Waals surface area (Å²) in [4.78, 5) is 0. The van der Waals surface area contributed by atoms with E-state index in [1.807, 2.05) is 6.26 Å². The van der Waals surface area contributed by atoms with Crippen LogP contribution >= 0.6 is 0 Å². The van der Waals surface area contributed by atoms with Crippen LogP contribution in [-0.2, 0) is 9.47 Å². The van der Waals surface area contributed by atoms with E-state index >= 15 is 0 Å². The molecular weight excluding hydrogens is 203 g/mol. The van der Waals surface area contributed by atoms with Gasteiger partial charge in [-0.15, -0.1) is 0 Å². The van der Waals surface area contributed by atoms with Crippen molar-refractivity contribution in [3.8, 4) is 0 Å². The lowest BCUT2D eigenvalue weighted by Gasteiger charge is -2.42. The molecule has 2 heterocycles. The molecule has 0 aliphatic carbocycles. The van der Waals surface area contributed by atoms with Crippen LogP contribution in [0, 0.1) is 0 Å². The first-order valence-corrected chi connectivity index (χ1v) is 8.78. The normalized spacial score (nSPS) is 30.7. The first kappa shape index (κ1) is 11.0. The van der Waals surface area contributed by atoms with Crippen molar-refractivity contribution in [2.75, 3.05) is 6.61 Å². The minimum atomic E-state index is -0.865. The Balaban J connectivity index is 2.21. The Labute approximate surface area is 94.2 Å². The molecule has 4 heteroatoms. The number of hydrogen-bond donors (Lipinski definition) is 0. The van der Waals surface area contributed by atoms with Crippen LogP contribution in [0.5, 0.6) is 0 Å². The molecule has 0 N–H and O–H groups in total. The summed E-state index contributed by atoms with van der Waals surface area (Å²) in [5.41, 5.74) is 1.37. The van der Waals surface area contributed by atoms with Gasteiger partial charge in [0.2, 0.25) is 0 Å². The lowest BCUT2D eigenvalue weighted by atomic mass is 9.66. The van der Waals surface area contributed by atoms with Gasteiger partial charge in [0.15, 0.2) is 7.28 Å². The molecule has 0 saturated carbocycles. The summed E-state index contributed by atoms with van der Waals surface area (Å²) in [6, 6.07) is 0. The Kier molecular flexibility index (Phi) is 3.36. The van der Waals surface area contributed by atoms with Crippen LogP contribution in [0.3, 0.4) is 0 Å². The first-order valence-electron chi connectivity index (χ1n) is 5.89. The molecule has 1 atom stereocenters. The lowest BCUT2D eigenvalue weighted by Crippen LogP contribution is -2.50. The predicted molar refractivity (Wildman–Crippen MR) is 66.9 cm³/mol. The van der Waals surface area contributed by atoms with Crippen LogP contribution in [0.25, 0.3) is 0 Å². The molecule has 0 aromatic rings. The highest BCUT2D eigenvalue weighted by atomic mass is 28.3. The quantitative estimate of drug-likeness (QED) is 0.662. The van der Waals surface area contributed by atoms with Crippen LogP contribution in [0.4, 0.5) is 0 Å². The van der Waals surface area contributed by atoms with E-state index in [4.69, 9.17) is 9.47 Å². The third kappa shape index (κ3) is 2.06. The molecule has 2 aliphatic rings. The maximum Gasteiger partial charge on any atom is 0.189 e. The van der Waals surface area contributed by atoms with Gasteiger partial charge in [-0.3, -0.25) is 0 Å². The van der Waals surface area contributed by atoms with Gasteiger partial charge in [-0.2, -0.15) is 0 Å². The van der Waals surface area contributed by atoms with E-state index in [2.05, 4.69) is 19.1 Å². The van der Waals surface area contributed by atoms with Gasteiger partial charge in [0.05, 0.1) is 26.5 Å². The molecule has 0 spiro atoms. The van der Waals surface area contributed by atoms with Crippen molar-refractivity contribution in [1.29, 1.82) is 0 Å². The number of ether oxygens (including phenoxy) is 2. The first-order chi connectivity index (χ1) is 7.26. The molecule has 1 saturated heterocycles. The van der Waals surface area contributed by atoms with Crippen LogP contribution in [-0.4, -0.2) is 27.9 Å². The average Bonchev–Trinajstić information content (AvgIpc) is 2.31. The molecule has 2 rings (SSSR count). The summed E-state index contributed by atoms with van der Waals surface area (Å²) in [6.07, 6.45) is 7.39. The van der Waals surface area contributed by atoms with E-state index in [1.54, 1.807) is 6.26 Å². The van der Waals surface area contributed by atoms with Crippen molar-refractivity contribution >= 4 is 16.1 Å². The van der Waals surface area contributed by atoms with Crippen molar-refractivity contribution in [1.82, 2.24) is 0 Å². The summed E-state index contributed by atoms with van der Waals surface area (Å²) in [5.74, 6) is 2.09. The van der Waals surface area contributed by atoms with Crippen LogP contribution in [0.2, 0.25) is 13.1 Å². The Hall–Kier alpha value is -0.478. The summed E-state index contributed by atoms with van der Waals surface area (Å²) in [6.45, 7) is 5.68. The third-order valence-corrected chi connectivity index (χ3v) is 6.19. The van der Waals surface area contributed by atoms with Gasteiger partial charge in [0.25, 0.3) is 0 Å². The van der Waals surface area contributed by atoms with Gasteiger partial charge in [-0.25, -0.2) is 0 Å². The molecule has 15 heavy (non-hydrogen) atoms. The van der Waals surface area contributed by atoms with E-state index in [1.165, 1.54) is 24.7 Å². The maximum atomic E-state index is 6.15. The standard InChI is InChI=1S/C11H19BO2Si/c1-15(2)11(5-3-4-7-14-11)10-9-13-8-6-12-10/h6,8-9,12,15H,3-5,7H2,1-2H3. The van der Waals surface area contributed by atoms with Gasteiger partial charge < -0.3 is 9.47 Å². The van der Waals surface area contributed by atoms with Gasteiger partial charge >= 0.3 is 0 Å². The summed E-state index contributed by atoms with van der Waals surface area (Å²) in [7, 11) is 0.140. The molecule has 0 bridgehead atoms. The van der Waals surface area contributed by atoms with Gasteiger partial charge in [0, 0.05) is 6.61 Å². The minimum Gasteiger partial charge on any atom is -0.475 e. The molecule has 0 amide bonds. The predicted octanol–water partition coefficient (Wildman–Crippen LogP) is 1.73. The summed E-state index contributed by atoms with van der Waals surface area (Å²) < 4.78 is 11.5. The lowest BCUT2D eigenvalue weighted by molar-refractivity contribution is 0.00557. The highest BCUT2D eigenvalue weighted by Gasteiger charge is 2.40. The van der Waals surface area contributed by atoms with E-state index in [0.717, 1.165) is 13.9 Å². The Morgan fingerprint density at radius 2 is 2.27 bits per heavy atom. The fraction of sp³-hybridized carbons (Fsp3) is 0.636. The molecule has 0 radical (unpaired) electrons. The minimum absolute atomic E-state index is 0.0724. The van der Waals surface area contributed by atoms with E-state index in [0.29, 0.717) is 0 Å². The zero-order valence-electron chi connectivity index (χ0n) is 9.66. The van der Waals surface area contributed by atoms with Crippen molar-refractivity contribution in [3.05, 3.63) is 24.0 Å². The van der Waals surface area contributed by atoms with Crippen molar-refractivity contribution in [2.24, 2.45) is 0 Å². The van der Waals surface area contributed by atoms with Crippen molar-refractivity contribution in [2.45, 2.75) is 37.6 Å². The zero-order chi connectivity index (χ0) is 10.7. The number of hydrogen-bond acceptors (Lipinski definition) is 2. The fourth-order valence-corrected chi connectivity index (χ4v) is 4.73. The average molecular weight is 222 g/mol. The molecule has 0 aromatic heterocycles. The van der Waals surface area contributed by atoms with Crippen LogP contribution in [0.1, 0.15) is 19.3 Å². The molecule has 82 valence electrons. The molecule has 1 unspecified atom stereocenters. The highest BCUT2D eigenvalue weighted by molar-refractivity contribution is 6.65. The van der Waals surface area contributed by atoms with Gasteiger partial charge in [0.1, 0.15) is 0 Å². The van der Waals surface area contributed by atoms with E-state index in [9.17, 15) is 0 Å². The van der Waals surface area contributed by atoms with Crippen LogP contribution in [0.15, 0.2) is 24.0 Å². The third-order valence-electron chi connectivity index (χ3n) is 3.50. The van der Waals surface area contributed by atoms with E-state index in [-0.39, 0.29) is 5.22 Å². The van der Waals surface area contributed by atoms with Crippen molar-refractivity contribution < 1.29 is 9.47 Å². The smallest absolute Gasteiger partial charge is 0.189 e. The molecule has 2 nitrogen and oxygen atoms in total. The van der Waals surface area contributed by atoms with Crippen molar-refractivity contribution in [3.63, 3.8) is 0 Å². The zero-order valence-corrected chi connectivity index (χ0v) is 10.8. The molecule has 1 fully saturated rings. The second kappa shape index (κ2) is 4.58. The molecule has 2 aliphatic heterocycles. The fourth-order valence-electron chi connectivity index (χ4n) is 2.57. The summed E-state index contributed by atoms with van der Waals surface area (Å²) >= 11 is 0. The largest absolute Gasteiger partial charge is 0.475 e.